The molecule has 2 aromatic rings. The Morgan fingerprint density at radius 2 is 2.00 bits per heavy atom. The Hall–Kier alpha value is -2.24. The van der Waals surface area contributed by atoms with Crippen LogP contribution in [0.3, 0.4) is 0 Å². The van der Waals surface area contributed by atoms with E-state index in [1.807, 2.05) is 6.07 Å². The van der Waals surface area contributed by atoms with Crippen molar-refractivity contribution in [2.75, 3.05) is 49.3 Å². The maximum Gasteiger partial charge on any atom is 0.248 e. The van der Waals surface area contributed by atoms with E-state index in [1.54, 1.807) is 20.1 Å². The van der Waals surface area contributed by atoms with Crippen molar-refractivity contribution >= 4 is 21.7 Å². The highest BCUT2D eigenvalue weighted by Gasteiger charge is 2.34. The van der Waals surface area contributed by atoms with E-state index in [-0.39, 0.29) is 11.7 Å². The largest absolute Gasteiger partial charge is 0.419 e. The molecule has 0 aromatic carbocycles. The van der Waals surface area contributed by atoms with Crippen LogP contribution in [-0.2, 0) is 14.8 Å². The number of sulfonamides is 1. The highest BCUT2D eigenvalue weighted by atomic mass is 32.2. The molecule has 2 N–H and O–H groups in total. The van der Waals surface area contributed by atoms with Gasteiger partial charge in [-0.2, -0.15) is 0 Å². The molecule has 0 spiro atoms. The highest BCUT2D eigenvalue weighted by molar-refractivity contribution is 7.92. The minimum atomic E-state index is -3.50. The number of pyridine rings is 1. The van der Waals surface area contributed by atoms with Gasteiger partial charge in [0.1, 0.15) is 11.6 Å². The van der Waals surface area contributed by atoms with Crippen LogP contribution in [0.25, 0.3) is 11.5 Å². The monoisotopic (exact) mass is 438 g/mol. The zero-order valence-electron chi connectivity index (χ0n) is 18.1. The van der Waals surface area contributed by atoms with Crippen LogP contribution >= 0.6 is 0 Å². The Morgan fingerprint density at radius 3 is 2.53 bits per heavy atom. The van der Waals surface area contributed by atoms with Crippen LogP contribution < -0.4 is 14.9 Å². The Kier molecular flexibility index (Phi) is 6.63. The zero-order chi connectivity index (χ0) is 22.1. The van der Waals surface area contributed by atoms with Crippen LogP contribution in [0.15, 0.2) is 16.5 Å². The van der Waals surface area contributed by atoms with Crippen molar-refractivity contribution < 1.29 is 17.6 Å². The predicted octanol–water partition coefficient (Wildman–Crippen LogP) is 1.66. The smallest absolute Gasteiger partial charge is 0.248 e. The summed E-state index contributed by atoms with van der Waals surface area (Å²) in [5.74, 6) is 2.73. The van der Waals surface area contributed by atoms with Gasteiger partial charge in [-0.3, -0.25) is 4.31 Å². The van der Waals surface area contributed by atoms with Crippen LogP contribution in [0.2, 0.25) is 0 Å². The normalized spacial score (nSPS) is 19.5. The molecule has 10 nitrogen and oxygen atoms in total. The number of hydrogen-bond acceptors (Lipinski definition) is 9. The molecule has 0 radical (unpaired) electrons. The quantitative estimate of drug-likeness (QED) is 0.589. The van der Waals surface area contributed by atoms with Crippen LogP contribution in [0.4, 0.5) is 11.6 Å². The van der Waals surface area contributed by atoms with Crippen molar-refractivity contribution in [3.05, 3.63) is 18.0 Å². The van der Waals surface area contributed by atoms with Crippen LogP contribution in [0, 0.1) is 11.8 Å². The second-order valence-electron chi connectivity index (χ2n) is 7.95. The lowest BCUT2D eigenvalue weighted by Crippen LogP contribution is -2.32. The van der Waals surface area contributed by atoms with Crippen molar-refractivity contribution in [3.63, 3.8) is 0 Å². The maximum absolute atomic E-state index is 12.1. The van der Waals surface area contributed by atoms with Gasteiger partial charge in [-0.05, 0) is 37.3 Å². The fourth-order valence-electron chi connectivity index (χ4n) is 3.09. The van der Waals surface area contributed by atoms with Gasteiger partial charge in [-0.1, -0.05) is 6.92 Å². The number of methoxy groups -OCH3 is 1. The minimum Gasteiger partial charge on any atom is -0.419 e. The van der Waals surface area contributed by atoms with Gasteiger partial charge < -0.3 is 19.8 Å². The van der Waals surface area contributed by atoms with E-state index in [1.165, 1.54) is 13.5 Å². The first kappa shape index (κ1) is 22.4. The molecule has 166 valence electrons. The van der Waals surface area contributed by atoms with Gasteiger partial charge in [-0.15, -0.1) is 10.2 Å². The van der Waals surface area contributed by atoms with E-state index in [4.69, 9.17) is 14.9 Å². The van der Waals surface area contributed by atoms with E-state index in [9.17, 15) is 8.42 Å². The number of nitrogens with two attached hydrogens (primary N) is 1. The lowest BCUT2D eigenvalue weighted by Gasteiger charge is -2.26. The molecule has 0 saturated heterocycles. The molecule has 11 heteroatoms. The lowest BCUT2D eigenvalue weighted by atomic mass is 10.2. The first-order valence-corrected chi connectivity index (χ1v) is 11.7. The molecular formula is C19H30N6O4S. The van der Waals surface area contributed by atoms with E-state index in [2.05, 4.69) is 27.0 Å². The van der Waals surface area contributed by atoms with Crippen LogP contribution in [0.5, 0.6) is 0 Å². The Bertz CT molecular complexity index is 977. The summed E-state index contributed by atoms with van der Waals surface area (Å²) in [5, 5.41) is 8.06. The molecule has 1 aliphatic rings. The first-order valence-electron chi connectivity index (χ1n) is 9.89. The Morgan fingerprint density at radius 1 is 1.33 bits per heavy atom. The molecule has 0 amide bonds. The summed E-state index contributed by atoms with van der Waals surface area (Å²) in [4.78, 5) is 6.74. The van der Waals surface area contributed by atoms with Gasteiger partial charge >= 0.3 is 0 Å². The average Bonchev–Trinajstić information content (AvgIpc) is 3.17. The fraction of sp³-hybridized carbons (Fsp3) is 0.632. The number of ether oxygens (including phenoxy) is 1. The third-order valence-corrected chi connectivity index (χ3v) is 6.50. The van der Waals surface area contributed by atoms with Gasteiger partial charge in [0.15, 0.2) is 0 Å². The lowest BCUT2D eigenvalue weighted by molar-refractivity contribution is 0.204. The van der Waals surface area contributed by atoms with Crippen molar-refractivity contribution in [1.29, 1.82) is 0 Å². The van der Waals surface area contributed by atoms with E-state index >= 15 is 0 Å². The SMILES string of the molecule is COCCN(CC1CC1C)c1cc(-c2nnc(C(C)N)o2)cc(N(C)S(C)(=O)=O)n1. The summed E-state index contributed by atoms with van der Waals surface area (Å²) in [6.07, 6.45) is 2.30. The molecule has 0 bridgehead atoms. The summed E-state index contributed by atoms with van der Waals surface area (Å²) in [6, 6.07) is 3.05. The summed E-state index contributed by atoms with van der Waals surface area (Å²) < 4.78 is 36.4. The molecule has 1 saturated carbocycles. The van der Waals surface area contributed by atoms with Crippen LogP contribution in [0.1, 0.15) is 32.2 Å². The molecule has 30 heavy (non-hydrogen) atoms. The number of hydrogen-bond donors (Lipinski definition) is 1. The van der Waals surface area contributed by atoms with Crippen molar-refractivity contribution in [2.45, 2.75) is 26.3 Å². The zero-order valence-corrected chi connectivity index (χ0v) is 18.9. The fourth-order valence-corrected chi connectivity index (χ4v) is 3.52. The van der Waals surface area contributed by atoms with E-state index in [0.29, 0.717) is 42.3 Å². The van der Waals surface area contributed by atoms with Crippen molar-refractivity contribution in [1.82, 2.24) is 15.2 Å². The number of aromatic nitrogens is 3. The van der Waals surface area contributed by atoms with Gasteiger partial charge in [-0.25, -0.2) is 13.4 Å². The standard InChI is InChI=1S/C19H30N6O4S/c1-12-8-15(12)11-25(6-7-28-4)17-10-14(19-23-22-18(29-19)13(2)20)9-16(21-17)24(3)30(5,26)27/h9-10,12-13,15H,6-8,11,20H2,1-5H3. The third kappa shape index (κ3) is 5.27. The molecule has 2 aromatic heterocycles. The van der Waals surface area contributed by atoms with Crippen molar-refractivity contribution in [3.8, 4) is 11.5 Å². The minimum absolute atomic E-state index is 0.264. The third-order valence-electron chi connectivity index (χ3n) is 5.32. The second-order valence-corrected chi connectivity index (χ2v) is 9.96. The summed E-state index contributed by atoms with van der Waals surface area (Å²) in [5.41, 5.74) is 6.41. The molecule has 1 aliphatic carbocycles. The molecule has 2 heterocycles. The Balaban J connectivity index is 2.05. The number of rotatable bonds is 10. The van der Waals surface area contributed by atoms with Gasteiger partial charge in [0, 0.05) is 32.8 Å². The first-order chi connectivity index (χ1) is 14.1. The van der Waals surface area contributed by atoms with Crippen LogP contribution in [-0.4, -0.2) is 63.7 Å². The molecule has 0 aliphatic heterocycles. The number of anilines is 2. The second kappa shape index (κ2) is 8.86. The van der Waals surface area contributed by atoms with Gasteiger partial charge in [0.25, 0.3) is 0 Å². The Labute approximate surface area is 177 Å². The summed E-state index contributed by atoms with van der Waals surface area (Å²) in [6.45, 7) is 5.95. The maximum atomic E-state index is 12.1. The molecule has 3 rings (SSSR count). The average molecular weight is 439 g/mol. The van der Waals surface area contributed by atoms with Gasteiger partial charge in [0.05, 0.1) is 18.9 Å². The van der Waals surface area contributed by atoms with E-state index in [0.717, 1.165) is 17.1 Å². The summed E-state index contributed by atoms with van der Waals surface area (Å²) in [7, 11) is -0.382. The molecule has 3 unspecified atom stereocenters. The molecule has 1 fully saturated rings. The van der Waals surface area contributed by atoms with Crippen molar-refractivity contribution in [2.24, 2.45) is 17.6 Å². The topological polar surface area (TPSA) is 128 Å². The molecular weight excluding hydrogens is 408 g/mol. The predicted molar refractivity (Wildman–Crippen MR) is 115 cm³/mol. The summed E-state index contributed by atoms with van der Waals surface area (Å²) >= 11 is 0. The molecule has 3 atom stereocenters. The number of nitrogens with zero attached hydrogens (tertiary/aromatic N) is 5. The highest BCUT2D eigenvalue weighted by Crippen LogP contribution is 2.39. The van der Waals surface area contributed by atoms with E-state index < -0.39 is 16.1 Å². The van der Waals surface area contributed by atoms with Gasteiger partial charge in [0.2, 0.25) is 21.8 Å².